The van der Waals surface area contributed by atoms with E-state index in [1.54, 1.807) is 24.3 Å². The van der Waals surface area contributed by atoms with Gasteiger partial charge in [-0.2, -0.15) is 0 Å². The highest BCUT2D eigenvalue weighted by Crippen LogP contribution is 2.35. The zero-order valence-corrected chi connectivity index (χ0v) is 17.8. The van der Waals surface area contributed by atoms with Gasteiger partial charge in [0, 0.05) is 26.1 Å². The lowest BCUT2D eigenvalue weighted by atomic mass is 9.97. The summed E-state index contributed by atoms with van der Waals surface area (Å²) in [5.41, 5.74) is 3.51. The van der Waals surface area contributed by atoms with Crippen molar-refractivity contribution in [3.8, 4) is 0 Å². The van der Waals surface area contributed by atoms with Crippen molar-refractivity contribution in [1.29, 1.82) is 0 Å². The van der Waals surface area contributed by atoms with Crippen LogP contribution in [0.2, 0.25) is 0 Å². The molecule has 2 aliphatic rings. The van der Waals surface area contributed by atoms with E-state index in [9.17, 15) is 13.2 Å². The minimum absolute atomic E-state index is 0.0200. The largest absolute Gasteiger partial charge is 0.377 e. The Balaban J connectivity index is 1.27. The Bertz CT molecular complexity index is 983. The molecule has 0 radical (unpaired) electrons. The lowest BCUT2D eigenvalue weighted by Crippen LogP contribution is -2.31. The molecule has 2 aromatic carbocycles. The van der Waals surface area contributed by atoms with Gasteiger partial charge in [0.15, 0.2) is 0 Å². The first kappa shape index (κ1) is 21.0. The summed E-state index contributed by atoms with van der Waals surface area (Å²) in [4.78, 5) is 12.6. The molecule has 0 saturated carbocycles. The van der Waals surface area contributed by atoms with Crippen molar-refractivity contribution in [2.24, 2.45) is 0 Å². The van der Waals surface area contributed by atoms with Gasteiger partial charge in [-0.15, -0.1) is 0 Å². The molecule has 1 saturated heterocycles. The third kappa shape index (κ3) is 5.09. The highest BCUT2D eigenvalue weighted by Gasteiger charge is 2.24. The Morgan fingerprint density at radius 1 is 1.07 bits per heavy atom. The van der Waals surface area contributed by atoms with Crippen LogP contribution >= 0.6 is 0 Å². The molecule has 2 unspecified atom stereocenters. The molecule has 1 fully saturated rings. The van der Waals surface area contributed by atoms with Crippen molar-refractivity contribution in [3.05, 3.63) is 65.2 Å². The fraction of sp³-hybridized carbons (Fsp3) is 0.435. The minimum atomic E-state index is -3.56. The smallest absolute Gasteiger partial charge is 0.240 e. The number of nitrogens with one attached hydrogen (secondary N) is 2. The fourth-order valence-corrected chi connectivity index (χ4v) is 5.30. The fourth-order valence-electron chi connectivity index (χ4n) is 4.23. The summed E-state index contributed by atoms with van der Waals surface area (Å²) >= 11 is 0. The van der Waals surface area contributed by atoms with Crippen LogP contribution in [0.1, 0.15) is 48.3 Å². The van der Waals surface area contributed by atoms with Crippen molar-refractivity contribution in [2.75, 3.05) is 13.2 Å². The second-order valence-corrected chi connectivity index (χ2v) is 9.81. The van der Waals surface area contributed by atoms with Crippen molar-refractivity contribution in [3.63, 3.8) is 0 Å². The van der Waals surface area contributed by atoms with E-state index < -0.39 is 10.0 Å². The van der Waals surface area contributed by atoms with E-state index in [-0.39, 0.29) is 22.8 Å². The van der Waals surface area contributed by atoms with Crippen LogP contribution in [0.3, 0.4) is 0 Å². The molecule has 6 nitrogen and oxygen atoms in total. The molecule has 1 amide bonds. The van der Waals surface area contributed by atoms with Crippen LogP contribution in [0.4, 0.5) is 0 Å². The van der Waals surface area contributed by atoms with Crippen LogP contribution in [-0.2, 0) is 32.5 Å². The molecular formula is C23H28N2O4S. The van der Waals surface area contributed by atoms with Gasteiger partial charge in [0.2, 0.25) is 15.9 Å². The molecule has 0 bridgehead atoms. The van der Waals surface area contributed by atoms with Crippen LogP contribution < -0.4 is 10.0 Å². The first-order valence-electron chi connectivity index (χ1n) is 10.6. The highest BCUT2D eigenvalue weighted by molar-refractivity contribution is 7.89. The molecule has 160 valence electrons. The van der Waals surface area contributed by atoms with E-state index >= 15 is 0 Å². The predicted molar refractivity (Wildman–Crippen MR) is 115 cm³/mol. The molecule has 1 heterocycles. The maximum Gasteiger partial charge on any atom is 0.240 e. The Morgan fingerprint density at radius 3 is 2.63 bits per heavy atom. The van der Waals surface area contributed by atoms with Gasteiger partial charge in [-0.3, -0.25) is 4.79 Å². The molecule has 2 atom stereocenters. The van der Waals surface area contributed by atoms with Crippen LogP contribution in [0, 0.1) is 0 Å². The van der Waals surface area contributed by atoms with Crippen LogP contribution in [0.5, 0.6) is 0 Å². The summed E-state index contributed by atoms with van der Waals surface area (Å²) in [6.45, 7) is 1.38. The zero-order valence-electron chi connectivity index (χ0n) is 17.0. The second kappa shape index (κ2) is 9.29. The van der Waals surface area contributed by atoms with Crippen molar-refractivity contribution >= 4 is 15.9 Å². The third-order valence-electron chi connectivity index (χ3n) is 5.94. The highest BCUT2D eigenvalue weighted by atomic mass is 32.2. The quantitative estimate of drug-likeness (QED) is 0.677. The number of benzene rings is 2. The predicted octanol–water partition coefficient (Wildman–Crippen LogP) is 2.88. The molecule has 2 aromatic rings. The monoisotopic (exact) mass is 428 g/mol. The number of fused-ring (bicyclic) bond motifs is 1. The third-order valence-corrected chi connectivity index (χ3v) is 7.38. The van der Waals surface area contributed by atoms with E-state index in [4.69, 9.17) is 4.74 Å². The van der Waals surface area contributed by atoms with Crippen molar-refractivity contribution < 1.29 is 17.9 Å². The lowest BCUT2D eigenvalue weighted by molar-refractivity contribution is -0.121. The van der Waals surface area contributed by atoms with Crippen LogP contribution in [-0.4, -0.2) is 33.6 Å². The molecular weight excluding hydrogens is 400 g/mol. The van der Waals surface area contributed by atoms with Gasteiger partial charge >= 0.3 is 0 Å². The Morgan fingerprint density at radius 2 is 1.87 bits per heavy atom. The minimum Gasteiger partial charge on any atom is -0.377 e. The molecule has 1 aliphatic carbocycles. The van der Waals surface area contributed by atoms with E-state index in [1.807, 2.05) is 12.1 Å². The van der Waals surface area contributed by atoms with E-state index in [2.05, 4.69) is 22.2 Å². The Kier molecular flexibility index (Phi) is 6.51. The Labute approximate surface area is 178 Å². The summed E-state index contributed by atoms with van der Waals surface area (Å²) in [5.74, 6) is 0.301. The zero-order chi connectivity index (χ0) is 21.0. The number of carbonyl (C=O) groups excluding carboxylic acids is 1. The summed E-state index contributed by atoms with van der Waals surface area (Å²) < 4.78 is 32.9. The summed E-state index contributed by atoms with van der Waals surface area (Å²) in [6, 6.07) is 15.0. The molecule has 1 aliphatic heterocycles. The standard InChI is InChI=1S/C23H28N2O4S/c26-23(14-19-10-9-18-4-1-2-6-22(18)19)24-15-17-7-11-21(12-8-17)30(27,28)25-16-20-5-3-13-29-20/h1-2,4,6-8,11-12,19-20,25H,3,5,9-10,13-16H2,(H,24,26). The van der Waals surface area contributed by atoms with Gasteiger partial charge in [0.25, 0.3) is 0 Å². The summed E-state index contributed by atoms with van der Waals surface area (Å²) in [5, 5.41) is 2.96. The first-order chi connectivity index (χ1) is 14.5. The maximum atomic E-state index is 12.4. The number of aryl methyl sites for hydroxylation is 1. The van der Waals surface area contributed by atoms with Gasteiger partial charge in [0.05, 0.1) is 11.0 Å². The lowest BCUT2D eigenvalue weighted by Gasteiger charge is -2.13. The SMILES string of the molecule is O=C(CC1CCc2ccccc21)NCc1ccc(S(=O)(=O)NCC2CCCO2)cc1. The summed E-state index contributed by atoms with van der Waals surface area (Å²) in [6.07, 6.45) is 4.34. The van der Waals surface area contributed by atoms with Crippen LogP contribution in [0.25, 0.3) is 0 Å². The molecule has 4 rings (SSSR count). The first-order valence-corrected chi connectivity index (χ1v) is 12.0. The normalized spacial score (nSPS) is 20.8. The maximum absolute atomic E-state index is 12.4. The number of amides is 1. The van der Waals surface area contributed by atoms with Crippen molar-refractivity contribution in [1.82, 2.24) is 10.0 Å². The van der Waals surface area contributed by atoms with Gasteiger partial charge in [-0.25, -0.2) is 13.1 Å². The number of rotatable bonds is 8. The average Bonchev–Trinajstić information content (AvgIpc) is 3.42. The van der Waals surface area contributed by atoms with Gasteiger partial charge in [-0.1, -0.05) is 36.4 Å². The van der Waals surface area contributed by atoms with E-state index in [1.165, 1.54) is 11.1 Å². The van der Waals surface area contributed by atoms with Crippen molar-refractivity contribution in [2.45, 2.75) is 55.6 Å². The molecule has 7 heteroatoms. The van der Waals surface area contributed by atoms with Gasteiger partial charge < -0.3 is 10.1 Å². The topological polar surface area (TPSA) is 84.5 Å². The average molecular weight is 429 g/mol. The molecule has 0 aromatic heterocycles. The molecule has 30 heavy (non-hydrogen) atoms. The number of carbonyl (C=O) groups is 1. The van der Waals surface area contributed by atoms with Gasteiger partial charge in [-0.05, 0) is 60.4 Å². The number of sulfonamides is 1. The molecule has 0 spiro atoms. The number of ether oxygens (including phenoxy) is 1. The number of hydrogen-bond acceptors (Lipinski definition) is 4. The number of hydrogen-bond donors (Lipinski definition) is 2. The summed E-state index contributed by atoms with van der Waals surface area (Å²) in [7, 11) is -3.56. The Hall–Kier alpha value is -2.22. The van der Waals surface area contributed by atoms with Gasteiger partial charge in [0.1, 0.15) is 0 Å². The van der Waals surface area contributed by atoms with E-state index in [0.717, 1.165) is 31.2 Å². The second-order valence-electron chi connectivity index (χ2n) is 8.05. The molecule has 2 N–H and O–H groups in total. The van der Waals surface area contributed by atoms with Crippen LogP contribution in [0.15, 0.2) is 53.4 Å². The van der Waals surface area contributed by atoms with E-state index in [0.29, 0.717) is 26.1 Å².